The lowest BCUT2D eigenvalue weighted by Crippen LogP contribution is -2.43. The van der Waals surface area contributed by atoms with Crippen LogP contribution < -0.4 is 0 Å². The molecule has 0 aromatic rings. The summed E-state index contributed by atoms with van der Waals surface area (Å²) in [7, 11) is 0. The Hall–Kier alpha value is -0.220. The standard InChI is InChI=1S/C8H14F2O2/c1-3-7(4-2)5-12-6(11)8(7,9)10/h6,11H,3-5H2,1-2H3. The van der Waals surface area contributed by atoms with Crippen molar-refractivity contribution in [3.05, 3.63) is 0 Å². The Bertz CT molecular complexity index is 166. The highest BCUT2D eigenvalue weighted by Crippen LogP contribution is 2.50. The molecule has 0 aromatic heterocycles. The molecule has 12 heavy (non-hydrogen) atoms. The third-order valence-corrected chi connectivity index (χ3v) is 2.89. The van der Waals surface area contributed by atoms with Crippen molar-refractivity contribution in [3.63, 3.8) is 0 Å². The van der Waals surface area contributed by atoms with Crippen LogP contribution in [0, 0.1) is 5.41 Å². The molecule has 1 atom stereocenters. The van der Waals surface area contributed by atoms with Crippen molar-refractivity contribution in [1.82, 2.24) is 0 Å². The average molecular weight is 180 g/mol. The molecule has 1 fully saturated rings. The molecule has 1 heterocycles. The zero-order valence-corrected chi connectivity index (χ0v) is 7.31. The molecule has 0 amide bonds. The second-order valence-corrected chi connectivity index (χ2v) is 3.27. The van der Waals surface area contributed by atoms with Crippen molar-refractivity contribution in [2.24, 2.45) is 5.41 Å². The lowest BCUT2D eigenvalue weighted by molar-refractivity contribution is -0.203. The number of hydrogen-bond donors (Lipinski definition) is 1. The first-order valence-electron chi connectivity index (χ1n) is 4.17. The Kier molecular flexibility index (Phi) is 2.40. The average Bonchev–Trinajstić information content (AvgIpc) is 2.26. The molecule has 4 heteroatoms. The predicted molar refractivity (Wildman–Crippen MR) is 39.9 cm³/mol. The summed E-state index contributed by atoms with van der Waals surface area (Å²) in [6.07, 6.45) is -1.27. The summed E-state index contributed by atoms with van der Waals surface area (Å²) in [5, 5.41) is 8.88. The van der Waals surface area contributed by atoms with Crippen LogP contribution in [0.1, 0.15) is 26.7 Å². The van der Waals surface area contributed by atoms with Crippen LogP contribution in [0.4, 0.5) is 8.78 Å². The molecule has 2 nitrogen and oxygen atoms in total. The van der Waals surface area contributed by atoms with Gasteiger partial charge in [0.15, 0.2) is 0 Å². The highest BCUT2D eigenvalue weighted by Gasteiger charge is 2.62. The van der Waals surface area contributed by atoms with E-state index in [1.807, 2.05) is 0 Å². The minimum atomic E-state index is -3.10. The Labute approximate surface area is 70.5 Å². The van der Waals surface area contributed by atoms with E-state index in [0.29, 0.717) is 12.8 Å². The molecular formula is C8H14F2O2. The van der Waals surface area contributed by atoms with E-state index in [9.17, 15) is 8.78 Å². The minimum absolute atomic E-state index is 0.0475. The lowest BCUT2D eigenvalue weighted by Gasteiger charge is -2.31. The van der Waals surface area contributed by atoms with Gasteiger partial charge in [0.1, 0.15) is 0 Å². The third kappa shape index (κ3) is 1.05. The smallest absolute Gasteiger partial charge is 0.305 e. The van der Waals surface area contributed by atoms with Gasteiger partial charge in [-0.25, -0.2) is 8.78 Å². The van der Waals surface area contributed by atoms with Gasteiger partial charge < -0.3 is 9.84 Å². The van der Waals surface area contributed by atoms with Crippen LogP contribution in [0.3, 0.4) is 0 Å². The Balaban J connectivity index is 2.91. The van der Waals surface area contributed by atoms with Crippen LogP contribution >= 0.6 is 0 Å². The molecule has 1 saturated heterocycles. The van der Waals surface area contributed by atoms with Crippen molar-refractivity contribution in [3.8, 4) is 0 Å². The normalized spacial score (nSPS) is 32.2. The van der Waals surface area contributed by atoms with Crippen LogP contribution in [0.15, 0.2) is 0 Å². The van der Waals surface area contributed by atoms with Crippen LogP contribution in [-0.2, 0) is 4.74 Å². The van der Waals surface area contributed by atoms with Gasteiger partial charge >= 0.3 is 5.92 Å². The molecule has 1 rings (SSSR count). The summed E-state index contributed by atoms with van der Waals surface area (Å²) in [6.45, 7) is 3.34. The van der Waals surface area contributed by atoms with E-state index in [0.717, 1.165) is 0 Å². The van der Waals surface area contributed by atoms with Gasteiger partial charge in [-0.05, 0) is 12.8 Å². The summed E-state index contributed by atoms with van der Waals surface area (Å²) in [4.78, 5) is 0. The highest BCUT2D eigenvalue weighted by atomic mass is 19.3. The van der Waals surface area contributed by atoms with E-state index in [2.05, 4.69) is 4.74 Å². The lowest BCUT2D eigenvalue weighted by atomic mass is 9.78. The summed E-state index contributed by atoms with van der Waals surface area (Å²) >= 11 is 0. The van der Waals surface area contributed by atoms with Gasteiger partial charge in [0.2, 0.25) is 6.29 Å². The first-order valence-corrected chi connectivity index (χ1v) is 4.17. The van der Waals surface area contributed by atoms with Gasteiger partial charge in [0.25, 0.3) is 0 Å². The maximum Gasteiger partial charge on any atom is 0.305 e. The number of aliphatic hydroxyl groups is 1. The van der Waals surface area contributed by atoms with E-state index in [4.69, 9.17) is 5.11 Å². The van der Waals surface area contributed by atoms with E-state index >= 15 is 0 Å². The molecule has 0 saturated carbocycles. The molecule has 1 unspecified atom stereocenters. The van der Waals surface area contributed by atoms with E-state index < -0.39 is 17.6 Å². The molecule has 0 aromatic carbocycles. The highest BCUT2D eigenvalue weighted by molar-refractivity contribution is 4.97. The fourth-order valence-corrected chi connectivity index (χ4v) is 1.63. The van der Waals surface area contributed by atoms with Gasteiger partial charge in [0, 0.05) is 0 Å². The Morgan fingerprint density at radius 3 is 2.08 bits per heavy atom. The zero-order valence-electron chi connectivity index (χ0n) is 7.31. The number of rotatable bonds is 2. The predicted octanol–water partition coefficient (Wildman–Crippen LogP) is 1.78. The number of alkyl halides is 2. The van der Waals surface area contributed by atoms with Crippen molar-refractivity contribution < 1.29 is 18.6 Å². The van der Waals surface area contributed by atoms with Crippen molar-refractivity contribution in [1.29, 1.82) is 0 Å². The second kappa shape index (κ2) is 2.92. The number of hydrogen-bond acceptors (Lipinski definition) is 2. The van der Waals surface area contributed by atoms with Gasteiger partial charge in [-0.3, -0.25) is 0 Å². The topological polar surface area (TPSA) is 29.5 Å². The molecule has 1 aliphatic rings. The van der Waals surface area contributed by atoms with Crippen molar-refractivity contribution in [2.75, 3.05) is 6.61 Å². The number of ether oxygens (including phenoxy) is 1. The largest absolute Gasteiger partial charge is 0.363 e. The number of aliphatic hydroxyl groups excluding tert-OH is 1. The van der Waals surface area contributed by atoms with Crippen LogP contribution in [0.25, 0.3) is 0 Å². The maximum absolute atomic E-state index is 13.3. The summed E-state index contributed by atoms with van der Waals surface area (Å²) in [6, 6.07) is 0. The van der Waals surface area contributed by atoms with Gasteiger partial charge in [-0.1, -0.05) is 13.8 Å². The first kappa shape index (κ1) is 9.86. The monoisotopic (exact) mass is 180 g/mol. The van der Waals surface area contributed by atoms with Gasteiger partial charge in [0.05, 0.1) is 12.0 Å². The van der Waals surface area contributed by atoms with Crippen LogP contribution in [0.2, 0.25) is 0 Å². The first-order chi connectivity index (χ1) is 5.50. The molecule has 0 aliphatic carbocycles. The van der Waals surface area contributed by atoms with Gasteiger partial charge in [-0.2, -0.15) is 0 Å². The molecule has 1 aliphatic heterocycles. The zero-order chi connectivity index (χ0) is 9.41. The van der Waals surface area contributed by atoms with E-state index in [1.54, 1.807) is 13.8 Å². The molecule has 0 radical (unpaired) electrons. The van der Waals surface area contributed by atoms with Crippen LogP contribution in [0.5, 0.6) is 0 Å². The molecule has 72 valence electrons. The molecule has 0 bridgehead atoms. The maximum atomic E-state index is 13.3. The van der Waals surface area contributed by atoms with Crippen molar-refractivity contribution in [2.45, 2.75) is 38.9 Å². The molecular weight excluding hydrogens is 166 g/mol. The van der Waals surface area contributed by atoms with Crippen molar-refractivity contribution >= 4 is 0 Å². The summed E-state index contributed by atoms with van der Waals surface area (Å²) in [5.74, 6) is -3.10. The number of halogens is 2. The van der Waals surface area contributed by atoms with Gasteiger partial charge in [-0.15, -0.1) is 0 Å². The molecule has 1 N–H and O–H groups in total. The minimum Gasteiger partial charge on any atom is -0.363 e. The molecule has 0 spiro atoms. The fraction of sp³-hybridized carbons (Fsp3) is 1.00. The Morgan fingerprint density at radius 1 is 1.42 bits per heavy atom. The van der Waals surface area contributed by atoms with E-state index in [-0.39, 0.29) is 6.61 Å². The quantitative estimate of drug-likeness (QED) is 0.701. The second-order valence-electron chi connectivity index (χ2n) is 3.27. The van der Waals surface area contributed by atoms with E-state index in [1.165, 1.54) is 0 Å². The third-order valence-electron chi connectivity index (χ3n) is 2.89. The van der Waals surface area contributed by atoms with Crippen LogP contribution in [-0.4, -0.2) is 23.9 Å². The summed E-state index contributed by atoms with van der Waals surface area (Å²) < 4.78 is 31.1. The summed E-state index contributed by atoms with van der Waals surface area (Å²) in [5.41, 5.74) is -1.16. The Morgan fingerprint density at radius 2 is 1.92 bits per heavy atom. The fourth-order valence-electron chi connectivity index (χ4n) is 1.63. The SMILES string of the molecule is CCC1(CC)COC(O)C1(F)F.